The second kappa shape index (κ2) is 5.84. The Morgan fingerprint density at radius 2 is 2.04 bits per heavy atom. The van der Waals surface area contributed by atoms with E-state index in [2.05, 4.69) is 22.4 Å². The molecule has 0 radical (unpaired) electrons. The van der Waals surface area contributed by atoms with Crippen LogP contribution in [0.3, 0.4) is 0 Å². The summed E-state index contributed by atoms with van der Waals surface area (Å²) in [5.74, 6) is 0.472. The van der Waals surface area contributed by atoms with Crippen molar-refractivity contribution in [1.29, 1.82) is 0 Å². The summed E-state index contributed by atoms with van der Waals surface area (Å²) in [6, 6.07) is 11.1. The van der Waals surface area contributed by atoms with Crippen LogP contribution in [-0.2, 0) is 16.6 Å². The van der Waals surface area contributed by atoms with Crippen LogP contribution in [0.25, 0.3) is 0 Å². The van der Waals surface area contributed by atoms with Crippen molar-refractivity contribution in [2.45, 2.75) is 23.5 Å². The van der Waals surface area contributed by atoms with E-state index in [0.717, 1.165) is 26.1 Å². The zero-order valence-corrected chi connectivity index (χ0v) is 15.1. The average molecular weight is 364 g/mol. The van der Waals surface area contributed by atoms with Crippen molar-refractivity contribution in [3.8, 4) is 5.75 Å². The van der Waals surface area contributed by atoms with Gasteiger partial charge in [-0.05, 0) is 23.6 Å². The summed E-state index contributed by atoms with van der Waals surface area (Å²) in [6.07, 6.45) is 0.826. The fourth-order valence-corrected chi connectivity index (χ4v) is 5.67. The highest BCUT2D eigenvalue weighted by atomic mass is 32.2. The number of sulfonamides is 1. The third-order valence-electron chi connectivity index (χ3n) is 4.73. The Balaban J connectivity index is 1.63. The Bertz CT molecular complexity index is 835. The minimum Gasteiger partial charge on any atom is -0.483 e. The van der Waals surface area contributed by atoms with Gasteiger partial charge in [-0.25, -0.2) is 8.42 Å². The molecule has 2 aliphatic heterocycles. The second-order valence-electron chi connectivity index (χ2n) is 6.53. The van der Waals surface area contributed by atoms with Crippen LogP contribution in [-0.4, -0.2) is 49.9 Å². The van der Waals surface area contributed by atoms with Gasteiger partial charge in [-0.15, -0.1) is 11.3 Å². The molecule has 1 aromatic carbocycles. The quantitative estimate of drug-likeness (QED) is 0.821. The summed E-state index contributed by atoms with van der Waals surface area (Å²) in [5.41, 5.74) is -0.480. The molecule has 2 aromatic rings. The molecule has 1 saturated heterocycles. The van der Waals surface area contributed by atoms with E-state index < -0.39 is 15.6 Å². The van der Waals surface area contributed by atoms with Gasteiger partial charge in [0, 0.05) is 38.0 Å². The molecule has 3 heterocycles. The van der Waals surface area contributed by atoms with Gasteiger partial charge in [0.05, 0.1) is 6.54 Å². The number of likely N-dealkylation sites (tertiary alicyclic amines) is 1. The molecule has 0 saturated carbocycles. The maximum Gasteiger partial charge on any atom is 0.246 e. The summed E-state index contributed by atoms with van der Waals surface area (Å²) in [5, 5.41) is 2.08. The number of benzene rings is 1. The van der Waals surface area contributed by atoms with E-state index in [1.165, 1.54) is 9.18 Å². The maximum atomic E-state index is 12.7. The molecule has 0 bridgehead atoms. The van der Waals surface area contributed by atoms with Crippen LogP contribution in [0.1, 0.15) is 11.3 Å². The number of ether oxygens (including phenoxy) is 1. The third-order valence-corrected chi connectivity index (χ3v) is 7.43. The zero-order valence-electron chi connectivity index (χ0n) is 13.5. The van der Waals surface area contributed by atoms with Crippen molar-refractivity contribution in [2.75, 3.05) is 26.7 Å². The summed E-state index contributed by atoms with van der Waals surface area (Å²) in [7, 11) is -1.85. The summed E-state index contributed by atoms with van der Waals surface area (Å²) >= 11 is 1.75. The van der Waals surface area contributed by atoms with Crippen LogP contribution in [0, 0.1) is 0 Å². The fraction of sp³-hybridized carbons (Fsp3) is 0.412. The number of hydrogen-bond donors (Lipinski definition) is 0. The lowest BCUT2D eigenvalue weighted by atomic mass is 10.0. The highest BCUT2D eigenvalue weighted by molar-refractivity contribution is 7.89. The van der Waals surface area contributed by atoms with E-state index in [-0.39, 0.29) is 4.90 Å². The standard InChI is InChI=1S/C17H20N2O3S2/c1-18-12-17(8-9-19(13-17)11-14-5-4-10-23-14)22-15-6-2-3-7-16(15)24(18,20)21/h2-7,10H,8-9,11-13H2,1H3/t17-/m0/s1. The van der Waals surface area contributed by atoms with Crippen molar-refractivity contribution in [3.63, 3.8) is 0 Å². The molecule has 5 nitrogen and oxygen atoms in total. The SMILES string of the molecule is CN1C[C@]2(CCN(Cc3cccs3)C2)Oc2ccccc2S1(=O)=O. The molecule has 128 valence electrons. The van der Waals surface area contributed by atoms with Gasteiger partial charge in [-0.3, -0.25) is 4.90 Å². The molecule has 2 aliphatic rings. The van der Waals surface area contributed by atoms with Crippen LogP contribution in [0.4, 0.5) is 0 Å². The number of likely N-dealkylation sites (N-methyl/N-ethyl adjacent to an activating group) is 1. The van der Waals surface area contributed by atoms with Gasteiger partial charge in [0.1, 0.15) is 16.2 Å². The molecule has 24 heavy (non-hydrogen) atoms. The molecule has 0 unspecified atom stereocenters. The molecule has 7 heteroatoms. The van der Waals surface area contributed by atoms with Crippen LogP contribution >= 0.6 is 11.3 Å². The first-order valence-electron chi connectivity index (χ1n) is 7.98. The normalized spacial score (nSPS) is 26.9. The Kier molecular flexibility index (Phi) is 3.91. The van der Waals surface area contributed by atoms with Gasteiger partial charge in [0.2, 0.25) is 10.0 Å². The van der Waals surface area contributed by atoms with Crippen LogP contribution in [0.5, 0.6) is 5.75 Å². The predicted octanol–water partition coefficient (Wildman–Crippen LogP) is 2.41. The monoisotopic (exact) mass is 364 g/mol. The molecular weight excluding hydrogens is 344 g/mol. The van der Waals surface area contributed by atoms with E-state index in [0.29, 0.717) is 12.3 Å². The molecule has 1 spiro atoms. The topological polar surface area (TPSA) is 49.9 Å². The first-order chi connectivity index (χ1) is 11.5. The van der Waals surface area contributed by atoms with Crippen molar-refractivity contribution in [3.05, 3.63) is 46.7 Å². The average Bonchev–Trinajstić information content (AvgIpc) is 3.17. The lowest BCUT2D eigenvalue weighted by Gasteiger charge is -2.30. The van der Waals surface area contributed by atoms with Crippen molar-refractivity contribution in [1.82, 2.24) is 9.21 Å². The van der Waals surface area contributed by atoms with Crippen molar-refractivity contribution in [2.24, 2.45) is 0 Å². The van der Waals surface area contributed by atoms with Gasteiger partial charge >= 0.3 is 0 Å². The summed E-state index contributed by atoms with van der Waals surface area (Å²) in [6.45, 7) is 2.92. The molecule has 0 N–H and O–H groups in total. The van der Waals surface area contributed by atoms with E-state index in [1.807, 2.05) is 6.07 Å². The molecule has 1 atom stereocenters. The number of rotatable bonds is 2. The highest BCUT2D eigenvalue weighted by Crippen LogP contribution is 2.38. The minimum absolute atomic E-state index is 0.265. The highest BCUT2D eigenvalue weighted by Gasteiger charge is 2.46. The van der Waals surface area contributed by atoms with E-state index in [9.17, 15) is 8.42 Å². The summed E-state index contributed by atoms with van der Waals surface area (Å²) in [4.78, 5) is 3.93. The maximum absolute atomic E-state index is 12.7. The lowest BCUT2D eigenvalue weighted by molar-refractivity contribution is 0.0624. The van der Waals surface area contributed by atoms with Gasteiger partial charge in [0.15, 0.2) is 0 Å². The first kappa shape index (κ1) is 16.1. The second-order valence-corrected chi connectivity index (χ2v) is 9.58. The number of thiophene rings is 1. The van der Waals surface area contributed by atoms with Gasteiger partial charge in [0.25, 0.3) is 0 Å². The van der Waals surface area contributed by atoms with Gasteiger partial charge in [-0.2, -0.15) is 4.31 Å². The Hall–Kier alpha value is -1.41. The fourth-order valence-electron chi connectivity index (χ4n) is 3.57. The first-order valence-corrected chi connectivity index (χ1v) is 10.3. The third kappa shape index (κ3) is 2.75. The lowest BCUT2D eigenvalue weighted by Crippen LogP contribution is -2.47. The molecule has 0 aliphatic carbocycles. The largest absolute Gasteiger partial charge is 0.483 e. The van der Waals surface area contributed by atoms with E-state index >= 15 is 0 Å². The number of fused-ring (bicyclic) bond motifs is 1. The smallest absolute Gasteiger partial charge is 0.246 e. The number of para-hydroxylation sites is 1. The van der Waals surface area contributed by atoms with Crippen LogP contribution < -0.4 is 4.74 Å². The van der Waals surface area contributed by atoms with Crippen LogP contribution in [0.15, 0.2) is 46.7 Å². The zero-order chi connectivity index (χ0) is 16.8. The Morgan fingerprint density at radius 3 is 2.83 bits per heavy atom. The molecular formula is C17H20N2O3S2. The minimum atomic E-state index is -3.50. The molecule has 1 aromatic heterocycles. The van der Waals surface area contributed by atoms with Gasteiger partial charge < -0.3 is 4.74 Å². The summed E-state index contributed by atoms with van der Waals surface area (Å²) < 4.78 is 33.2. The number of hydrogen-bond acceptors (Lipinski definition) is 5. The van der Waals surface area contributed by atoms with E-state index in [1.54, 1.807) is 36.6 Å². The van der Waals surface area contributed by atoms with Crippen LogP contribution in [0.2, 0.25) is 0 Å². The van der Waals surface area contributed by atoms with E-state index in [4.69, 9.17) is 4.74 Å². The van der Waals surface area contributed by atoms with Crippen molar-refractivity contribution >= 4 is 21.4 Å². The molecule has 1 fully saturated rings. The predicted molar refractivity (Wildman–Crippen MR) is 93.8 cm³/mol. The Labute approximate surface area is 146 Å². The van der Waals surface area contributed by atoms with Gasteiger partial charge in [-0.1, -0.05) is 18.2 Å². The Morgan fingerprint density at radius 1 is 1.21 bits per heavy atom. The number of nitrogens with zero attached hydrogens (tertiary/aromatic N) is 2. The molecule has 4 rings (SSSR count). The van der Waals surface area contributed by atoms with Crippen molar-refractivity contribution < 1.29 is 13.2 Å². The molecule has 0 amide bonds.